The van der Waals surface area contributed by atoms with Crippen LogP contribution in [0.4, 0.5) is 0 Å². The number of hydrogen-bond donors (Lipinski definition) is 3. The Morgan fingerprint density at radius 3 is 1.23 bits per heavy atom. The minimum Gasteiger partial charge on any atom is -0.462 e. The molecule has 0 saturated carbocycles. The second-order valence-corrected chi connectivity index (χ2v) is 19.0. The van der Waals surface area contributed by atoms with E-state index in [0.717, 1.165) is 57.8 Å². The van der Waals surface area contributed by atoms with Gasteiger partial charge in [0.15, 0.2) is 0 Å². The molecule has 366 valence electrons. The first-order chi connectivity index (χ1) is 30.5. The van der Waals surface area contributed by atoms with Crippen LogP contribution < -0.4 is 5.32 Å². The minimum atomic E-state index is -0.795. The van der Waals surface area contributed by atoms with Crippen LogP contribution in [-0.4, -0.2) is 46.9 Å². The van der Waals surface area contributed by atoms with Crippen LogP contribution in [0.2, 0.25) is 0 Å². The number of amides is 1. The van der Waals surface area contributed by atoms with Crippen molar-refractivity contribution < 1.29 is 24.5 Å². The smallest absolute Gasteiger partial charge is 0.306 e. The molecule has 0 radical (unpaired) electrons. The zero-order valence-electron chi connectivity index (χ0n) is 41.8. The molecule has 0 aliphatic carbocycles. The summed E-state index contributed by atoms with van der Waals surface area (Å²) in [5, 5.41) is 23.8. The van der Waals surface area contributed by atoms with Crippen molar-refractivity contribution in [3.05, 3.63) is 24.3 Å². The number of unbranched alkanes of at least 4 members (excludes halogenated alkanes) is 35. The van der Waals surface area contributed by atoms with E-state index in [9.17, 15) is 19.8 Å². The van der Waals surface area contributed by atoms with E-state index in [1.165, 1.54) is 193 Å². The average molecular weight is 874 g/mol. The summed E-state index contributed by atoms with van der Waals surface area (Å²) in [6.07, 6.45) is 58.2. The number of carbonyl (C=O) groups is 2. The molecule has 0 saturated heterocycles. The number of carbonyl (C=O) groups excluding carboxylic acids is 2. The van der Waals surface area contributed by atoms with Gasteiger partial charge in [0.05, 0.1) is 25.2 Å². The fourth-order valence-corrected chi connectivity index (χ4v) is 8.61. The Balaban J connectivity index is 4.56. The normalized spacial score (nSPS) is 13.3. The van der Waals surface area contributed by atoms with Crippen molar-refractivity contribution in [1.29, 1.82) is 0 Å². The Morgan fingerprint density at radius 1 is 0.468 bits per heavy atom. The molecule has 0 fully saturated rings. The summed E-state index contributed by atoms with van der Waals surface area (Å²) in [7, 11) is 0. The molecule has 0 aromatic carbocycles. The number of esters is 1. The van der Waals surface area contributed by atoms with Crippen LogP contribution in [-0.2, 0) is 14.3 Å². The van der Waals surface area contributed by atoms with Gasteiger partial charge in [0.25, 0.3) is 0 Å². The van der Waals surface area contributed by atoms with Gasteiger partial charge in [0.1, 0.15) is 6.10 Å². The van der Waals surface area contributed by atoms with E-state index in [4.69, 9.17) is 4.74 Å². The second kappa shape index (κ2) is 50.3. The van der Waals surface area contributed by atoms with Crippen LogP contribution in [0.25, 0.3) is 0 Å². The fraction of sp³-hybridized carbons (Fsp3) is 0.893. The molecule has 62 heavy (non-hydrogen) atoms. The number of ether oxygens (including phenoxy) is 1. The van der Waals surface area contributed by atoms with E-state index in [1.54, 1.807) is 0 Å². The third-order valence-electron chi connectivity index (χ3n) is 12.8. The number of nitrogens with one attached hydrogen (secondary N) is 1. The SMILES string of the molecule is CCCCCCCCC/C=C/C=C/CCCC(CC(=O)NC(CO)C(O)CCCCCCCCCCCCCCCCCC)OC(=O)CCCCCCCCCCCCCCC. The van der Waals surface area contributed by atoms with E-state index in [1.807, 2.05) is 0 Å². The van der Waals surface area contributed by atoms with Gasteiger partial charge in [-0.15, -0.1) is 0 Å². The Morgan fingerprint density at radius 2 is 0.823 bits per heavy atom. The third-order valence-corrected chi connectivity index (χ3v) is 12.8. The summed E-state index contributed by atoms with van der Waals surface area (Å²) in [6.45, 7) is 6.49. The van der Waals surface area contributed by atoms with Crippen molar-refractivity contribution in [2.45, 2.75) is 315 Å². The van der Waals surface area contributed by atoms with Gasteiger partial charge >= 0.3 is 5.97 Å². The van der Waals surface area contributed by atoms with Crippen molar-refractivity contribution in [3.63, 3.8) is 0 Å². The standard InChI is InChI=1S/C56H107NO5/c1-4-7-10-13-16-19-22-25-27-28-31-33-36-39-42-45-48-54(59)53(51-58)57-55(60)50-52(47-44-41-38-35-32-30-26-23-20-17-14-11-8-5-2)62-56(61)49-46-43-40-37-34-29-24-21-18-15-12-9-6-3/h30,32,35,38,52-54,58-59H,4-29,31,33-34,36-37,39-51H2,1-3H3,(H,57,60)/b32-30+,38-35+. The van der Waals surface area contributed by atoms with Crippen molar-refractivity contribution in [2.75, 3.05) is 6.61 Å². The molecule has 6 heteroatoms. The van der Waals surface area contributed by atoms with Crippen LogP contribution in [0.3, 0.4) is 0 Å². The van der Waals surface area contributed by atoms with Gasteiger partial charge in [-0.1, -0.05) is 263 Å². The van der Waals surface area contributed by atoms with Gasteiger partial charge in [-0.2, -0.15) is 0 Å². The topological polar surface area (TPSA) is 95.9 Å². The summed E-state index contributed by atoms with van der Waals surface area (Å²) in [4.78, 5) is 26.2. The van der Waals surface area contributed by atoms with Gasteiger partial charge in [-0.05, 0) is 44.9 Å². The summed E-state index contributed by atoms with van der Waals surface area (Å²) < 4.78 is 5.92. The lowest BCUT2D eigenvalue weighted by Crippen LogP contribution is -2.46. The second-order valence-electron chi connectivity index (χ2n) is 19.0. The third kappa shape index (κ3) is 44.9. The number of hydrogen-bond acceptors (Lipinski definition) is 5. The fourth-order valence-electron chi connectivity index (χ4n) is 8.61. The molecule has 0 aromatic rings. The molecule has 0 aromatic heterocycles. The number of aliphatic hydroxyl groups excluding tert-OH is 2. The Labute approximate surface area is 386 Å². The maximum Gasteiger partial charge on any atom is 0.306 e. The van der Waals surface area contributed by atoms with Crippen LogP contribution in [0.15, 0.2) is 24.3 Å². The molecule has 0 aliphatic rings. The molecule has 0 rings (SSSR count). The molecule has 0 aliphatic heterocycles. The molecule has 0 spiro atoms. The monoisotopic (exact) mass is 874 g/mol. The quantitative estimate of drug-likeness (QED) is 0.0321. The molecular weight excluding hydrogens is 767 g/mol. The van der Waals surface area contributed by atoms with Gasteiger partial charge in [0, 0.05) is 6.42 Å². The highest BCUT2D eigenvalue weighted by Crippen LogP contribution is 2.18. The van der Waals surface area contributed by atoms with E-state index in [2.05, 4.69) is 50.4 Å². The van der Waals surface area contributed by atoms with E-state index in [-0.39, 0.29) is 24.9 Å². The van der Waals surface area contributed by atoms with Gasteiger partial charge < -0.3 is 20.3 Å². The molecular formula is C56H107NO5. The number of allylic oxidation sites excluding steroid dienone is 4. The maximum absolute atomic E-state index is 13.2. The van der Waals surface area contributed by atoms with Crippen molar-refractivity contribution in [2.24, 2.45) is 0 Å². The van der Waals surface area contributed by atoms with Gasteiger partial charge in [0.2, 0.25) is 5.91 Å². The average Bonchev–Trinajstić information content (AvgIpc) is 3.26. The molecule has 6 nitrogen and oxygen atoms in total. The predicted octanol–water partition coefficient (Wildman–Crippen LogP) is 16.7. The number of aliphatic hydroxyl groups is 2. The van der Waals surface area contributed by atoms with Crippen LogP contribution in [0.1, 0.15) is 297 Å². The molecule has 3 unspecified atom stereocenters. The molecule has 0 heterocycles. The lowest BCUT2D eigenvalue weighted by molar-refractivity contribution is -0.151. The molecule has 3 atom stereocenters. The molecule has 3 N–H and O–H groups in total. The van der Waals surface area contributed by atoms with Crippen molar-refractivity contribution >= 4 is 11.9 Å². The Bertz CT molecular complexity index is 981. The van der Waals surface area contributed by atoms with E-state index < -0.39 is 18.2 Å². The first-order valence-corrected chi connectivity index (χ1v) is 27.6. The molecule has 0 bridgehead atoms. The van der Waals surface area contributed by atoms with Gasteiger partial charge in [-0.25, -0.2) is 0 Å². The summed E-state index contributed by atoms with van der Waals surface area (Å²) >= 11 is 0. The molecule has 1 amide bonds. The summed E-state index contributed by atoms with van der Waals surface area (Å²) in [5.74, 6) is -0.505. The minimum absolute atomic E-state index is 0.0503. The summed E-state index contributed by atoms with van der Waals surface area (Å²) in [6, 6.07) is -0.711. The largest absolute Gasteiger partial charge is 0.462 e. The first-order valence-electron chi connectivity index (χ1n) is 27.6. The van der Waals surface area contributed by atoms with Crippen LogP contribution in [0, 0.1) is 0 Å². The maximum atomic E-state index is 13.2. The first kappa shape index (κ1) is 60.3. The van der Waals surface area contributed by atoms with Gasteiger partial charge in [-0.3, -0.25) is 9.59 Å². The lowest BCUT2D eigenvalue weighted by atomic mass is 10.0. The Kier molecular flexibility index (Phi) is 49.0. The van der Waals surface area contributed by atoms with E-state index in [0.29, 0.717) is 19.3 Å². The number of rotatable bonds is 50. The zero-order valence-corrected chi connectivity index (χ0v) is 41.8. The zero-order chi connectivity index (χ0) is 45.2. The van der Waals surface area contributed by atoms with E-state index >= 15 is 0 Å². The van der Waals surface area contributed by atoms with Crippen molar-refractivity contribution in [3.8, 4) is 0 Å². The predicted molar refractivity (Wildman–Crippen MR) is 269 cm³/mol. The highest BCUT2D eigenvalue weighted by atomic mass is 16.5. The van der Waals surface area contributed by atoms with Crippen molar-refractivity contribution in [1.82, 2.24) is 5.32 Å². The Hall–Kier alpha value is -1.66. The summed E-state index contributed by atoms with van der Waals surface area (Å²) in [5.41, 5.74) is 0. The lowest BCUT2D eigenvalue weighted by Gasteiger charge is -2.24. The van der Waals surface area contributed by atoms with Crippen LogP contribution in [0.5, 0.6) is 0 Å². The highest BCUT2D eigenvalue weighted by molar-refractivity contribution is 5.77. The highest BCUT2D eigenvalue weighted by Gasteiger charge is 2.24. The van der Waals surface area contributed by atoms with Crippen LogP contribution >= 0.6 is 0 Å².